The lowest BCUT2D eigenvalue weighted by Crippen LogP contribution is -2.58. The van der Waals surface area contributed by atoms with Crippen LogP contribution in [0, 0.1) is 17.0 Å². The minimum atomic E-state index is -1.19. The van der Waals surface area contributed by atoms with Crippen LogP contribution < -0.4 is 5.32 Å². The fourth-order valence-electron chi connectivity index (χ4n) is 5.99. The first-order chi connectivity index (χ1) is 15.7. The Bertz CT molecular complexity index is 1130. The number of cyclic esters (lactones) is 1. The largest absolute Gasteiger partial charge is 0.443 e. The number of carbonyl (C=O) groups is 1. The standard InChI is InChI=1S/C26H30Cl2F2N2O2/c1-24(2,3)13-19-26(31-6,16-11-10-14(27)12-18(16)29)20(15-8-7-9-17(28)21(15)30)22-23(33)34-25(4,5)32(19)22/h7-12,19-20,22,31H,13H2,1-6H3. The maximum absolute atomic E-state index is 15.7. The molecule has 2 aliphatic rings. The number of nitrogens with one attached hydrogen (secondary N) is 1. The summed E-state index contributed by atoms with van der Waals surface area (Å²) < 4.78 is 37.1. The lowest BCUT2D eigenvalue weighted by atomic mass is 9.67. The molecule has 4 unspecified atom stereocenters. The van der Waals surface area contributed by atoms with E-state index in [4.69, 9.17) is 27.9 Å². The van der Waals surface area contributed by atoms with Gasteiger partial charge in [0.05, 0.1) is 10.6 Å². The first-order valence-electron chi connectivity index (χ1n) is 11.3. The molecular formula is C26H30Cl2F2N2O2. The van der Waals surface area contributed by atoms with Gasteiger partial charge in [0, 0.05) is 22.5 Å². The first-order valence-corrected chi connectivity index (χ1v) is 12.1. The summed E-state index contributed by atoms with van der Waals surface area (Å²) in [6.45, 7) is 9.88. The van der Waals surface area contributed by atoms with Crippen LogP contribution >= 0.6 is 23.2 Å². The molecule has 4 nitrogen and oxygen atoms in total. The van der Waals surface area contributed by atoms with Gasteiger partial charge in [-0.15, -0.1) is 0 Å². The molecule has 34 heavy (non-hydrogen) atoms. The maximum Gasteiger partial charge on any atom is 0.325 e. The summed E-state index contributed by atoms with van der Waals surface area (Å²) in [5.41, 5.74) is -1.82. The van der Waals surface area contributed by atoms with Crippen molar-refractivity contribution < 1.29 is 18.3 Å². The number of likely N-dealkylation sites (N-methyl/N-ethyl adjacent to an activating group) is 1. The Labute approximate surface area is 209 Å². The molecule has 0 radical (unpaired) electrons. The average Bonchev–Trinajstić information content (AvgIpc) is 3.12. The normalized spacial score (nSPS) is 28.8. The van der Waals surface area contributed by atoms with Gasteiger partial charge in [0.25, 0.3) is 0 Å². The second-order valence-electron chi connectivity index (χ2n) is 10.9. The molecule has 2 aromatic rings. The molecule has 2 saturated heterocycles. The van der Waals surface area contributed by atoms with E-state index in [-0.39, 0.29) is 21.0 Å². The second-order valence-corrected chi connectivity index (χ2v) is 11.7. The van der Waals surface area contributed by atoms with Crippen molar-refractivity contribution in [2.24, 2.45) is 5.41 Å². The summed E-state index contributed by atoms with van der Waals surface area (Å²) in [6.07, 6.45) is 0.575. The van der Waals surface area contributed by atoms with Crippen molar-refractivity contribution in [2.75, 3.05) is 7.05 Å². The molecular weight excluding hydrogens is 481 g/mol. The molecule has 2 heterocycles. The molecule has 1 N–H and O–H groups in total. The molecule has 8 heteroatoms. The van der Waals surface area contributed by atoms with Crippen LogP contribution in [0.1, 0.15) is 58.1 Å². The fraction of sp³-hybridized carbons (Fsp3) is 0.500. The minimum absolute atomic E-state index is 0.0597. The second kappa shape index (κ2) is 8.44. The number of hydrogen-bond acceptors (Lipinski definition) is 4. The lowest BCUT2D eigenvalue weighted by Gasteiger charge is -2.46. The molecule has 0 aliphatic carbocycles. The quantitative estimate of drug-likeness (QED) is 0.493. The summed E-state index contributed by atoms with van der Waals surface area (Å²) >= 11 is 12.3. The molecule has 0 saturated carbocycles. The predicted octanol–water partition coefficient (Wildman–Crippen LogP) is 6.25. The number of rotatable bonds is 4. The summed E-state index contributed by atoms with van der Waals surface area (Å²) in [7, 11) is 1.72. The van der Waals surface area contributed by atoms with Crippen LogP contribution in [0.25, 0.3) is 0 Å². The van der Waals surface area contributed by atoms with Gasteiger partial charge >= 0.3 is 5.97 Å². The fourth-order valence-corrected chi connectivity index (χ4v) is 6.33. The van der Waals surface area contributed by atoms with Crippen molar-refractivity contribution in [3.8, 4) is 0 Å². The van der Waals surface area contributed by atoms with Crippen molar-refractivity contribution >= 4 is 29.2 Å². The van der Waals surface area contributed by atoms with E-state index < -0.39 is 46.9 Å². The van der Waals surface area contributed by atoms with E-state index >= 15 is 8.78 Å². The van der Waals surface area contributed by atoms with Crippen molar-refractivity contribution in [3.63, 3.8) is 0 Å². The molecule has 0 spiro atoms. The third kappa shape index (κ3) is 3.83. The van der Waals surface area contributed by atoms with Gasteiger partial charge in [-0.1, -0.05) is 62.2 Å². The lowest BCUT2D eigenvalue weighted by molar-refractivity contribution is -0.153. The van der Waals surface area contributed by atoms with Gasteiger partial charge in [0.2, 0.25) is 0 Å². The van der Waals surface area contributed by atoms with Gasteiger partial charge in [-0.3, -0.25) is 4.79 Å². The van der Waals surface area contributed by atoms with Crippen LogP contribution in [0.4, 0.5) is 8.78 Å². The van der Waals surface area contributed by atoms with E-state index in [0.29, 0.717) is 12.0 Å². The highest BCUT2D eigenvalue weighted by Crippen LogP contribution is 2.59. The summed E-state index contributed by atoms with van der Waals surface area (Å²) in [5.74, 6) is -2.45. The van der Waals surface area contributed by atoms with E-state index in [1.807, 2.05) is 18.7 Å². The molecule has 4 atom stereocenters. The van der Waals surface area contributed by atoms with Crippen LogP contribution in [0.15, 0.2) is 36.4 Å². The average molecular weight is 511 g/mol. The number of esters is 1. The first kappa shape index (κ1) is 25.4. The van der Waals surface area contributed by atoms with Crippen molar-refractivity contribution in [3.05, 3.63) is 69.2 Å². The number of hydrogen-bond donors (Lipinski definition) is 1. The molecule has 0 bridgehead atoms. The highest BCUT2D eigenvalue weighted by Gasteiger charge is 2.70. The van der Waals surface area contributed by atoms with Crippen LogP contribution in [-0.4, -0.2) is 35.7 Å². The summed E-state index contributed by atoms with van der Waals surface area (Å²) in [4.78, 5) is 15.4. The number of carbonyl (C=O) groups excluding carboxylic acids is 1. The molecule has 2 aliphatic heterocycles. The Balaban J connectivity index is 2.11. The smallest absolute Gasteiger partial charge is 0.325 e. The highest BCUT2D eigenvalue weighted by molar-refractivity contribution is 6.31. The van der Waals surface area contributed by atoms with Crippen LogP contribution in [0.3, 0.4) is 0 Å². The van der Waals surface area contributed by atoms with E-state index in [9.17, 15) is 4.79 Å². The molecule has 2 fully saturated rings. The summed E-state index contributed by atoms with van der Waals surface area (Å²) in [5, 5.41) is 3.56. The number of ether oxygens (including phenoxy) is 1. The van der Waals surface area contributed by atoms with Crippen molar-refractivity contribution in [1.29, 1.82) is 0 Å². The van der Waals surface area contributed by atoms with Crippen LogP contribution in [0.5, 0.6) is 0 Å². The van der Waals surface area contributed by atoms with Gasteiger partial charge in [-0.05, 0) is 56.5 Å². The number of fused-ring (bicyclic) bond motifs is 1. The van der Waals surface area contributed by atoms with Gasteiger partial charge < -0.3 is 10.1 Å². The number of benzene rings is 2. The highest BCUT2D eigenvalue weighted by atomic mass is 35.5. The van der Waals surface area contributed by atoms with E-state index in [1.165, 1.54) is 12.1 Å². The molecule has 184 valence electrons. The van der Waals surface area contributed by atoms with Crippen LogP contribution in [0.2, 0.25) is 10.0 Å². The minimum Gasteiger partial charge on any atom is -0.443 e. The third-order valence-electron chi connectivity index (χ3n) is 7.09. The Kier molecular flexibility index (Phi) is 6.30. The van der Waals surface area contributed by atoms with Gasteiger partial charge in [-0.2, -0.15) is 0 Å². The monoisotopic (exact) mass is 510 g/mol. The zero-order valence-electron chi connectivity index (χ0n) is 20.2. The predicted molar refractivity (Wildman–Crippen MR) is 130 cm³/mol. The zero-order chi connectivity index (χ0) is 25.2. The Hall–Kier alpha value is -1.73. The molecule has 0 amide bonds. The number of nitrogens with zero attached hydrogens (tertiary/aromatic N) is 1. The Morgan fingerprint density at radius 2 is 1.82 bits per heavy atom. The van der Waals surface area contributed by atoms with Crippen molar-refractivity contribution in [1.82, 2.24) is 10.2 Å². The third-order valence-corrected chi connectivity index (χ3v) is 7.62. The maximum atomic E-state index is 15.7. The molecule has 0 aromatic heterocycles. The van der Waals surface area contributed by atoms with Gasteiger partial charge in [0.15, 0.2) is 5.72 Å². The van der Waals surface area contributed by atoms with Gasteiger partial charge in [-0.25, -0.2) is 13.7 Å². The SMILES string of the molecule is CNC1(c2ccc(Cl)cc2F)C(c2cccc(Cl)c2F)C2C(=O)OC(C)(C)N2C1CC(C)(C)C. The van der Waals surface area contributed by atoms with E-state index in [0.717, 1.165) is 0 Å². The molecule has 2 aromatic carbocycles. The van der Waals surface area contributed by atoms with E-state index in [2.05, 4.69) is 26.1 Å². The molecule has 4 rings (SSSR count). The topological polar surface area (TPSA) is 41.6 Å². The Morgan fingerprint density at radius 3 is 2.41 bits per heavy atom. The van der Waals surface area contributed by atoms with E-state index in [1.54, 1.807) is 31.3 Å². The van der Waals surface area contributed by atoms with Crippen molar-refractivity contribution in [2.45, 2.75) is 70.3 Å². The van der Waals surface area contributed by atoms with Gasteiger partial charge in [0.1, 0.15) is 17.7 Å². The van der Waals surface area contributed by atoms with Crippen LogP contribution in [-0.2, 0) is 15.1 Å². The Morgan fingerprint density at radius 1 is 1.15 bits per heavy atom. The summed E-state index contributed by atoms with van der Waals surface area (Å²) in [6, 6.07) is 7.93. The number of halogens is 4. The zero-order valence-corrected chi connectivity index (χ0v) is 21.7.